The Balaban J connectivity index is 2.11. The van der Waals surface area contributed by atoms with Gasteiger partial charge in [0.15, 0.2) is 0 Å². The standard InChI is InChI=1S/C14H25BrN4/c1-4-12-14(15)13(19(5-2)16-12)11-18-8-6-7-17(3)9-10-18/h4-11H2,1-3H3. The fourth-order valence-corrected chi connectivity index (χ4v) is 3.33. The first kappa shape index (κ1) is 15.0. The summed E-state index contributed by atoms with van der Waals surface area (Å²) in [5, 5.41) is 4.68. The minimum absolute atomic E-state index is 0.946. The highest BCUT2D eigenvalue weighted by atomic mass is 79.9. The highest BCUT2D eigenvalue weighted by Crippen LogP contribution is 2.24. The third-order valence-electron chi connectivity index (χ3n) is 3.88. The summed E-state index contributed by atoms with van der Waals surface area (Å²) in [6.07, 6.45) is 2.25. The van der Waals surface area contributed by atoms with Crippen molar-refractivity contribution >= 4 is 15.9 Å². The quantitative estimate of drug-likeness (QED) is 0.848. The lowest BCUT2D eigenvalue weighted by atomic mass is 10.3. The monoisotopic (exact) mass is 328 g/mol. The predicted molar refractivity (Wildman–Crippen MR) is 82.4 cm³/mol. The van der Waals surface area contributed by atoms with Gasteiger partial charge in [-0.2, -0.15) is 5.10 Å². The van der Waals surface area contributed by atoms with Crippen LogP contribution in [0.25, 0.3) is 0 Å². The lowest BCUT2D eigenvalue weighted by Crippen LogP contribution is -2.29. The largest absolute Gasteiger partial charge is 0.305 e. The van der Waals surface area contributed by atoms with Crippen LogP contribution in [-0.4, -0.2) is 52.8 Å². The number of hydrogen-bond acceptors (Lipinski definition) is 3. The maximum atomic E-state index is 4.68. The summed E-state index contributed by atoms with van der Waals surface area (Å²) in [5.41, 5.74) is 2.52. The molecule has 2 rings (SSSR count). The molecule has 1 aromatic rings. The number of rotatable bonds is 4. The molecule has 0 bridgehead atoms. The molecule has 0 atom stereocenters. The summed E-state index contributed by atoms with van der Waals surface area (Å²) in [6.45, 7) is 11.0. The molecule has 0 spiro atoms. The second kappa shape index (κ2) is 6.86. The Hall–Kier alpha value is -0.390. The Bertz CT molecular complexity index is 416. The maximum Gasteiger partial charge on any atom is 0.0767 e. The van der Waals surface area contributed by atoms with Crippen molar-refractivity contribution in [1.82, 2.24) is 19.6 Å². The Kier molecular flexibility index (Phi) is 5.42. The van der Waals surface area contributed by atoms with Crippen LogP contribution in [0.1, 0.15) is 31.7 Å². The smallest absolute Gasteiger partial charge is 0.0767 e. The van der Waals surface area contributed by atoms with Gasteiger partial charge in [-0.15, -0.1) is 0 Å². The molecule has 5 heteroatoms. The lowest BCUT2D eigenvalue weighted by molar-refractivity contribution is 0.261. The third-order valence-corrected chi connectivity index (χ3v) is 4.80. The van der Waals surface area contributed by atoms with Crippen molar-refractivity contribution in [3.8, 4) is 0 Å². The average molecular weight is 329 g/mol. The predicted octanol–water partition coefficient (Wildman–Crippen LogP) is 2.37. The average Bonchev–Trinajstić information content (AvgIpc) is 2.57. The van der Waals surface area contributed by atoms with Crippen molar-refractivity contribution in [2.24, 2.45) is 0 Å². The van der Waals surface area contributed by atoms with E-state index in [1.165, 1.54) is 41.9 Å². The van der Waals surface area contributed by atoms with Crippen molar-refractivity contribution in [2.45, 2.75) is 39.8 Å². The van der Waals surface area contributed by atoms with Gasteiger partial charge in [-0.3, -0.25) is 9.58 Å². The molecule has 0 aromatic carbocycles. The molecule has 0 amide bonds. The van der Waals surface area contributed by atoms with E-state index in [1.807, 2.05) is 0 Å². The number of aromatic nitrogens is 2. The van der Waals surface area contributed by atoms with Crippen LogP contribution in [0.15, 0.2) is 4.47 Å². The van der Waals surface area contributed by atoms with Crippen molar-refractivity contribution in [1.29, 1.82) is 0 Å². The summed E-state index contributed by atoms with van der Waals surface area (Å²) in [6, 6.07) is 0. The van der Waals surface area contributed by atoms with Gasteiger partial charge in [0.25, 0.3) is 0 Å². The Morgan fingerprint density at radius 1 is 1.16 bits per heavy atom. The second-order valence-corrected chi connectivity index (χ2v) is 6.10. The highest BCUT2D eigenvalue weighted by Gasteiger charge is 2.18. The van der Waals surface area contributed by atoms with Crippen LogP contribution in [0.5, 0.6) is 0 Å². The fraction of sp³-hybridized carbons (Fsp3) is 0.786. The van der Waals surface area contributed by atoms with Gasteiger partial charge in [-0.1, -0.05) is 6.92 Å². The highest BCUT2D eigenvalue weighted by molar-refractivity contribution is 9.10. The first-order chi connectivity index (χ1) is 9.15. The summed E-state index contributed by atoms with van der Waals surface area (Å²) >= 11 is 3.74. The van der Waals surface area contributed by atoms with E-state index < -0.39 is 0 Å². The maximum absolute atomic E-state index is 4.68. The van der Waals surface area contributed by atoms with Crippen LogP contribution in [-0.2, 0) is 19.5 Å². The fourth-order valence-electron chi connectivity index (χ4n) is 2.64. The summed E-state index contributed by atoms with van der Waals surface area (Å²) < 4.78 is 3.37. The Labute approximate surface area is 124 Å². The van der Waals surface area contributed by atoms with E-state index in [0.29, 0.717) is 0 Å². The van der Waals surface area contributed by atoms with Crippen LogP contribution in [0, 0.1) is 0 Å². The molecule has 1 saturated heterocycles. The molecule has 1 aliphatic rings. The van der Waals surface area contributed by atoms with Gasteiger partial charge in [0.1, 0.15) is 0 Å². The van der Waals surface area contributed by atoms with E-state index in [4.69, 9.17) is 0 Å². The second-order valence-electron chi connectivity index (χ2n) is 5.31. The third kappa shape index (κ3) is 3.58. The summed E-state index contributed by atoms with van der Waals surface area (Å²) in [5.74, 6) is 0. The van der Waals surface area contributed by atoms with Gasteiger partial charge in [-0.25, -0.2) is 0 Å². The molecule has 0 N–H and O–H groups in total. The zero-order valence-electron chi connectivity index (χ0n) is 12.3. The van der Waals surface area contributed by atoms with Crippen LogP contribution >= 0.6 is 15.9 Å². The van der Waals surface area contributed by atoms with Crippen molar-refractivity contribution < 1.29 is 0 Å². The summed E-state index contributed by atoms with van der Waals surface area (Å²) in [7, 11) is 2.21. The first-order valence-corrected chi connectivity index (χ1v) is 8.10. The summed E-state index contributed by atoms with van der Waals surface area (Å²) in [4.78, 5) is 4.97. The molecular formula is C14H25BrN4. The zero-order valence-corrected chi connectivity index (χ0v) is 13.9. The van der Waals surface area contributed by atoms with E-state index in [9.17, 15) is 0 Å². The van der Waals surface area contributed by atoms with Crippen molar-refractivity contribution in [3.63, 3.8) is 0 Å². The van der Waals surface area contributed by atoms with Gasteiger partial charge in [0, 0.05) is 26.2 Å². The van der Waals surface area contributed by atoms with E-state index in [-0.39, 0.29) is 0 Å². The van der Waals surface area contributed by atoms with E-state index in [2.05, 4.69) is 56.4 Å². The Morgan fingerprint density at radius 3 is 2.63 bits per heavy atom. The molecule has 0 radical (unpaired) electrons. The molecule has 108 valence electrons. The molecule has 19 heavy (non-hydrogen) atoms. The van der Waals surface area contributed by atoms with Crippen molar-refractivity contribution in [3.05, 3.63) is 15.9 Å². The number of halogens is 1. The van der Waals surface area contributed by atoms with Gasteiger partial charge < -0.3 is 4.90 Å². The molecular weight excluding hydrogens is 304 g/mol. The first-order valence-electron chi connectivity index (χ1n) is 7.30. The van der Waals surface area contributed by atoms with E-state index in [1.54, 1.807) is 0 Å². The number of nitrogens with zero attached hydrogens (tertiary/aromatic N) is 4. The minimum atomic E-state index is 0.946. The molecule has 1 aliphatic heterocycles. The Morgan fingerprint density at radius 2 is 1.95 bits per heavy atom. The minimum Gasteiger partial charge on any atom is -0.305 e. The number of aryl methyl sites for hydroxylation is 2. The van der Waals surface area contributed by atoms with Gasteiger partial charge in [0.2, 0.25) is 0 Å². The normalized spacial score (nSPS) is 18.7. The van der Waals surface area contributed by atoms with Crippen LogP contribution in [0.4, 0.5) is 0 Å². The zero-order chi connectivity index (χ0) is 13.8. The van der Waals surface area contributed by atoms with E-state index in [0.717, 1.165) is 26.1 Å². The molecule has 2 heterocycles. The topological polar surface area (TPSA) is 24.3 Å². The van der Waals surface area contributed by atoms with E-state index >= 15 is 0 Å². The van der Waals surface area contributed by atoms with Crippen LogP contribution in [0.3, 0.4) is 0 Å². The SMILES string of the molecule is CCc1nn(CC)c(CN2CCCN(C)CC2)c1Br. The van der Waals surface area contributed by atoms with Crippen LogP contribution < -0.4 is 0 Å². The molecule has 4 nitrogen and oxygen atoms in total. The molecule has 0 aliphatic carbocycles. The van der Waals surface area contributed by atoms with Gasteiger partial charge in [-0.05, 0) is 55.8 Å². The lowest BCUT2D eigenvalue weighted by Gasteiger charge is -2.20. The number of likely N-dealkylation sites (N-methyl/N-ethyl adjacent to an activating group) is 1. The van der Waals surface area contributed by atoms with Crippen molar-refractivity contribution in [2.75, 3.05) is 33.2 Å². The van der Waals surface area contributed by atoms with Gasteiger partial charge in [0.05, 0.1) is 15.9 Å². The number of hydrogen-bond donors (Lipinski definition) is 0. The van der Waals surface area contributed by atoms with Gasteiger partial charge >= 0.3 is 0 Å². The molecule has 0 unspecified atom stereocenters. The van der Waals surface area contributed by atoms with Crippen LogP contribution in [0.2, 0.25) is 0 Å². The molecule has 0 saturated carbocycles. The molecule has 1 aromatic heterocycles. The molecule has 1 fully saturated rings.